The Kier molecular flexibility index (Phi) is 6.75. The molecule has 0 atom stereocenters. The zero-order chi connectivity index (χ0) is 19.2. The van der Waals surface area contributed by atoms with Crippen molar-refractivity contribution in [1.82, 2.24) is 14.5 Å². The van der Waals surface area contributed by atoms with Crippen molar-refractivity contribution in [3.63, 3.8) is 0 Å². The minimum Gasteiger partial charge on any atom is -0.485 e. The molecule has 0 radical (unpaired) electrons. The fourth-order valence-electron chi connectivity index (χ4n) is 3.36. The summed E-state index contributed by atoms with van der Waals surface area (Å²) in [5.74, 6) is 1.84. The predicted octanol–water partition coefficient (Wildman–Crippen LogP) is 5.31. The van der Waals surface area contributed by atoms with Crippen LogP contribution in [0.3, 0.4) is 0 Å². The molecule has 0 N–H and O–H groups in total. The van der Waals surface area contributed by atoms with E-state index in [9.17, 15) is 0 Å². The smallest absolute Gasteiger partial charge is 0.147 e. The first-order valence-corrected chi connectivity index (χ1v) is 10.1. The fourth-order valence-corrected chi connectivity index (χ4v) is 3.52. The third-order valence-corrected chi connectivity index (χ3v) is 5.23. The van der Waals surface area contributed by atoms with Crippen LogP contribution in [0.4, 0.5) is 0 Å². The second kappa shape index (κ2) is 9.25. The summed E-state index contributed by atoms with van der Waals surface area (Å²) in [7, 11) is 0. The molecular weight excluding hydrogens is 358 g/mol. The molecule has 2 aromatic carbocycles. The molecule has 0 fully saturated rings. The fraction of sp³-hybridized carbons (Fsp3) is 0.409. The molecule has 3 rings (SSSR count). The summed E-state index contributed by atoms with van der Waals surface area (Å²) in [4.78, 5) is 7.24. The molecule has 1 aromatic heterocycles. The lowest BCUT2D eigenvalue weighted by molar-refractivity contribution is 0.278. The van der Waals surface area contributed by atoms with E-state index >= 15 is 0 Å². The van der Waals surface area contributed by atoms with Crippen molar-refractivity contribution in [2.24, 2.45) is 0 Å². The Morgan fingerprint density at radius 3 is 2.63 bits per heavy atom. The molecule has 144 valence electrons. The molecular formula is C22H28ClN3O. The van der Waals surface area contributed by atoms with Crippen LogP contribution in [0.5, 0.6) is 5.75 Å². The standard InChI is InChI=1S/C22H28ClN3O/c1-4-25(5-2)13-8-14-26-20-15-18(23)11-12-19(20)24-22(26)16-27-21-10-7-6-9-17(21)3/h6-7,9-12,15H,4-5,8,13-14,16H2,1-3H3. The number of aryl methyl sites for hydroxylation is 2. The van der Waals surface area contributed by atoms with Crippen LogP contribution in [0.2, 0.25) is 5.02 Å². The van der Waals surface area contributed by atoms with Crippen LogP contribution in [-0.4, -0.2) is 34.1 Å². The number of halogens is 1. The van der Waals surface area contributed by atoms with Crippen molar-refractivity contribution in [2.75, 3.05) is 19.6 Å². The Balaban J connectivity index is 1.81. The quantitative estimate of drug-likeness (QED) is 0.500. The van der Waals surface area contributed by atoms with Gasteiger partial charge in [0.25, 0.3) is 0 Å². The molecule has 0 saturated heterocycles. The van der Waals surface area contributed by atoms with Gasteiger partial charge in [0, 0.05) is 11.6 Å². The first-order valence-electron chi connectivity index (χ1n) is 9.67. The molecule has 0 aliphatic carbocycles. The first kappa shape index (κ1) is 19.7. The maximum Gasteiger partial charge on any atom is 0.147 e. The van der Waals surface area contributed by atoms with Gasteiger partial charge in [-0.15, -0.1) is 0 Å². The number of hydrogen-bond donors (Lipinski definition) is 0. The van der Waals surface area contributed by atoms with Crippen molar-refractivity contribution in [1.29, 1.82) is 0 Å². The second-order valence-corrected chi connectivity index (χ2v) is 7.18. The van der Waals surface area contributed by atoms with E-state index in [1.54, 1.807) is 0 Å². The van der Waals surface area contributed by atoms with Gasteiger partial charge in [0.2, 0.25) is 0 Å². The molecule has 0 aliphatic heterocycles. The Hall–Kier alpha value is -2.04. The third kappa shape index (κ3) is 4.82. The number of hydrogen-bond acceptors (Lipinski definition) is 3. The predicted molar refractivity (Wildman–Crippen MR) is 113 cm³/mol. The van der Waals surface area contributed by atoms with Crippen molar-refractivity contribution in [2.45, 2.75) is 40.3 Å². The van der Waals surface area contributed by atoms with Crippen LogP contribution in [-0.2, 0) is 13.2 Å². The second-order valence-electron chi connectivity index (χ2n) is 6.75. The highest BCUT2D eigenvalue weighted by Gasteiger charge is 2.13. The summed E-state index contributed by atoms with van der Waals surface area (Å²) in [6.45, 7) is 11.1. The molecule has 4 nitrogen and oxygen atoms in total. The minimum absolute atomic E-state index is 0.447. The zero-order valence-corrected chi connectivity index (χ0v) is 17.2. The molecule has 3 aromatic rings. The Morgan fingerprint density at radius 1 is 1.11 bits per heavy atom. The van der Waals surface area contributed by atoms with Gasteiger partial charge in [-0.05, 0) is 62.8 Å². The Labute approximate surface area is 166 Å². The van der Waals surface area contributed by atoms with Crippen LogP contribution in [0.1, 0.15) is 31.7 Å². The van der Waals surface area contributed by atoms with Gasteiger partial charge in [-0.2, -0.15) is 0 Å². The number of fused-ring (bicyclic) bond motifs is 1. The highest BCUT2D eigenvalue weighted by molar-refractivity contribution is 6.31. The third-order valence-electron chi connectivity index (χ3n) is 4.99. The average Bonchev–Trinajstić information content (AvgIpc) is 3.01. The van der Waals surface area contributed by atoms with Gasteiger partial charge in [0.1, 0.15) is 18.2 Å². The number of para-hydroxylation sites is 1. The lowest BCUT2D eigenvalue weighted by Gasteiger charge is -2.18. The molecule has 0 spiro atoms. The number of nitrogens with zero attached hydrogens (tertiary/aromatic N) is 3. The van der Waals surface area contributed by atoms with Crippen LogP contribution < -0.4 is 4.74 Å². The van der Waals surface area contributed by atoms with E-state index in [1.807, 2.05) is 36.4 Å². The van der Waals surface area contributed by atoms with Crippen LogP contribution >= 0.6 is 11.6 Å². The summed E-state index contributed by atoms with van der Waals surface area (Å²) in [5.41, 5.74) is 3.17. The zero-order valence-electron chi connectivity index (χ0n) is 16.4. The highest BCUT2D eigenvalue weighted by Crippen LogP contribution is 2.23. The van der Waals surface area contributed by atoms with E-state index in [0.29, 0.717) is 6.61 Å². The van der Waals surface area contributed by atoms with Gasteiger partial charge < -0.3 is 14.2 Å². The van der Waals surface area contributed by atoms with Gasteiger partial charge in [-0.25, -0.2) is 4.98 Å². The number of ether oxygens (including phenoxy) is 1. The maximum atomic E-state index is 6.24. The molecule has 1 heterocycles. The van der Waals surface area contributed by atoms with Crippen LogP contribution in [0.25, 0.3) is 11.0 Å². The molecule has 0 saturated carbocycles. The Bertz CT molecular complexity index is 886. The number of imidazole rings is 1. The molecule has 5 heteroatoms. The van der Waals surface area contributed by atoms with E-state index in [1.165, 1.54) is 0 Å². The average molecular weight is 386 g/mol. The monoisotopic (exact) mass is 385 g/mol. The summed E-state index contributed by atoms with van der Waals surface area (Å²) < 4.78 is 8.32. The Morgan fingerprint density at radius 2 is 1.89 bits per heavy atom. The lowest BCUT2D eigenvalue weighted by atomic mass is 10.2. The van der Waals surface area contributed by atoms with Gasteiger partial charge in [-0.1, -0.05) is 43.6 Å². The summed E-state index contributed by atoms with van der Waals surface area (Å²) in [6, 6.07) is 13.9. The SMILES string of the molecule is CCN(CC)CCCn1c(COc2ccccc2C)nc2ccc(Cl)cc21. The number of rotatable bonds is 9. The van der Waals surface area contributed by atoms with Gasteiger partial charge in [0.15, 0.2) is 0 Å². The van der Waals surface area contributed by atoms with Crippen molar-refractivity contribution in [3.8, 4) is 5.75 Å². The largest absolute Gasteiger partial charge is 0.485 e. The molecule has 0 unspecified atom stereocenters. The maximum absolute atomic E-state index is 6.24. The number of aromatic nitrogens is 2. The lowest BCUT2D eigenvalue weighted by Crippen LogP contribution is -2.25. The number of benzene rings is 2. The highest BCUT2D eigenvalue weighted by atomic mass is 35.5. The van der Waals surface area contributed by atoms with E-state index in [0.717, 1.165) is 65.8 Å². The van der Waals surface area contributed by atoms with E-state index in [-0.39, 0.29) is 0 Å². The van der Waals surface area contributed by atoms with Gasteiger partial charge in [0.05, 0.1) is 11.0 Å². The normalized spacial score (nSPS) is 11.4. The van der Waals surface area contributed by atoms with Crippen LogP contribution in [0, 0.1) is 6.92 Å². The topological polar surface area (TPSA) is 30.3 Å². The van der Waals surface area contributed by atoms with Crippen molar-refractivity contribution in [3.05, 3.63) is 58.9 Å². The molecule has 27 heavy (non-hydrogen) atoms. The first-order chi connectivity index (χ1) is 13.1. The van der Waals surface area contributed by atoms with Crippen molar-refractivity contribution < 1.29 is 4.74 Å². The molecule has 0 aliphatic rings. The molecule has 0 amide bonds. The molecule has 0 bridgehead atoms. The summed E-state index contributed by atoms with van der Waals surface area (Å²) >= 11 is 6.24. The summed E-state index contributed by atoms with van der Waals surface area (Å²) in [5, 5.41) is 0.735. The minimum atomic E-state index is 0.447. The summed E-state index contributed by atoms with van der Waals surface area (Å²) in [6.07, 6.45) is 1.07. The van der Waals surface area contributed by atoms with Crippen LogP contribution in [0.15, 0.2) is 42.5 Å². The van der Waals surface area contributed by atoms with E-state index in [2.05, 4.69) is 36.3 Å². The van der Waals surface area contributed by atoms with E-state index in [4.69, 9.17) is 21.3 Å². The van der Waals surface area contributed by atoms with E-state index < -0.39 is 0 Å². The van der Waals surface area contributed by atoms with Crippen molar-refractivity contribution >= 4 is 22.6 Å². The van der Waals surface area contributed by atoms with Gasteiger partial charge >= 0.3 is 0 Å². The van der Waals surface area contributed by atoms with Gasteiger partial charge in [-0.3, -0.25) is 0 Å².